The van der Waals surface area contributed by atoms with Crippen LogP contribution in [0.5, 0.6) is 0 Å². The molecule has 3 aromatic heterocycles. The van der Waals surface area contributed by atoms with E-state index in [4.69, 9.17) is 4.74 Å². The highest BCUT2D eigenvalue weighted by Gasteiger charge is 2.27. The molecule has 1 fully saturated rings. The number of nitrogens with one attached hydrogen (secondary N) is 1. The molecule has 5 aromatic rings. The van der Waals surface area contributed by atoms with Crippen molar-refractivity contribution in [1.29, 1.82) is 0 Å². The van der Waals surface area contributed by atoms with Gasteiger partial charge in [0.2, 0.25) is 0 Å². The summed E-state index contributed by atoms with van der Waals surface area (Å²) in [6, 6.07) is 17.9. The molecule has 9 nitrogen and oxygen atoms in total. The number of anilines is 2. The van der Waals surface area contributed by atoms with Crippen molar-refractivity contribution in [3.8, 4) is 11.4 Å². The van der Waals surface area contributed by atoms with E-state index in [1.807, 2.05) is 51.1 Å². The van der Waals surface area contributed by atoms with Gasteiger partial charge in [0.25, 0.3) is 5.91 Å². The van der Waals surface area contributed by atoms with E-state index in [0.29, 0.717) is 37.7 Å². The van der Waals surface area contributed by atoms with Gasteiger partial charge in [0, 0.05) is 64.3 Å². The lowest BCUT2D eigenvalue weighted by molar-refractivity contribution is 0.0240. The number of ether oxygens (including phenoxy) is 1. The molecule has 0 saturated carbocycles. The number of carbonyl (C=O) groups is 2. The van der Waals surface area contributed by atoms with Crippen LogP contribution in [-0.2, 0) is 4.74 Å². The van der Waals surface area contributed by atoms with Crippen LogP contribution in [0.2, 0.25) is 0 Å². The first-order valence-corrected chi connectivity index (χ1v) is 14.3. The first-order valence-electron chi connectivity index (χ1n) is 13.5. The molecule has 0 atom stereocenters. The number of carbonyl (C=O) groups excluding carboxylic acids is 2. The summed E-state index contributed by atoms with van der Waals surface area (Å²) in [6.07, 6.45) is 4.63. The Morgan fingerprint density at radius 2 is 1.71 bits per heavy atom. The van der Waals surface area contributed by atoms with E-state index in [1.54, 1.807) is 40.9 Å². The second kappa shape index (κ2) is 10.8. The second-order valence-corrected chi connectivity index (χ2v) is 11.9. The van der Waals surface area contributed by atoms with Crippen LogP contribution in [0.1, 0.15) is 31.3 Å². The van der Waals surface area contributed by atoms with Crippen molar-refractivity contribution >= 4 is 54.9 Å². The van der Waals surface area contributed by atoms with Gasteiger partial charge in [0.15, 0.2) is 5.82 Å². The van der Waals surface area contributed by atoms with Crippen molar-refractivity contribution in [2.24, 2.45) is 0 Å². The van der Waals surface area contributed by atoms with E-state index < -0.39 is 5.60 Å². The van der Waals surface area contributed by atoms with Crippen LogP contribution in [0.4, 0.5) is 16.2 Å². The molecule has 6 rings (SSSR count). The summed E-state index contributed by atoms with van der Waals surface area (Å²) in [5.74, 6) is 0.151. The average Bonchev–Trinajstić information content (AvgIpc) is 3.36. The fourth-order valence-corrected chi connectivity index (χ4v) is 6.15. The third-order valence-electron chi connectivity index (χ3n) is 6.85. The predicted octanol–water partition coefficient (Wildman–Crippen LogP) is 6.22. The highest BCUT2D eigenvalue weighted by Crippen LogP contribution is 2.38. The number of hydrogen-bond donors (Lipinski definition) is 1. The van der Waals surface area contributed by atoms with Crippen LogP contribution in [0.3, 0.4) is 0 Å². The quantitative estimate of drug-likeness (QED) is 0.276. The molecule has 2 aromatic carbocycles. The fraction of sp³-hybridized carbons (Fsp3) is 0.258. The van der Waals surface area contributed by atoms with Crippen LogP contribution < -0.4 is 10.2 Å². The highest BCUT2D eigenvalue weighted by atomic mass is 32.1. The monoisotopic (exact) mass is 566 g/mol. The third kappa shape index (κ3) is 5.55. The molecule has 0 bridgehead atoms. The number of amides is 2. The third-order valence-corrected chi connectivity index (χ3v) is 8.07. The zero-order valence-electron chi connectivity index (χ0n) is 23.1. The first kappa shape index (κ1) is 26.6. The topological polar surface area (TPSA) is 101 Å². The molecule has 0 radical (unpaired) electrons. The minimum Gasteiger partial charge on any atom is -0.444 e. The van der Waals surface area contributed by atoms with Gasteiger partial charge in [-0.3, -0.25) is 9.78 Å². The Bertz CT molecular complexity index is 1750. The molecular formula is C31H30N6O3S. The number of pyridine rings is 1. The summed E-state index contributed by atoms with van der Waals surface area (Å²) >= 11 is 1.70. The molecule has 208 valence electrons. The summed E-state index contributed by atoms with van der Waals surface area (Å²) in [4.78, 5) is 43.1. The lowest BCUT2D eigenvalue weighted by Gasteiger charge is -2.37. The number of aromatic nitrogens is 3. The molecule has 1 saturated heterocycles. The SMILES string of the molecule is CC(C)(C)OC(=O)N1CCN(c2ccncc2NC(=O)c2ccnc(-c3cccc4c3sc3ccccc34)n2)CC1. The molecule has 1 N–H and O–H groups in total. The van der Waals surface area contributed by atoms with Crippen LogP contribution in [0.25, 0.3) is 31.6 Å². The molecule has 41 heavy (non-hydrogen) atoms. The van der Waals surface area contributed by atoms with Crippen LogP contribution in [0.15, 0.2) is 73.2 Å². The van der Waals surface area contributed by atoms with Crippen molar-refractivity contribution in [2.45, 2.75) is 26.4 Å². The summed E-state index contributed by atoms with van der Waals surface area (Å²) in [5, 5.41) is 5.33. The predicted molar refractivity (Wildman–Crippen MR) is 163 cm³/mol. The van der Waals surface area contributed by atoms with Gasteiger partial charge < -0.3 is 19.9 Å². The second-order valence-electron chi connectivity index (χ2n) is 10.8. The number of rotatable bonds is 4. The van der Waals surface area contributed by atoms with Crippen molar-refractivity contribution in [1.82, 2.24) is 19.9 Å². The molecule has 0 unspecified atom stereocenters. The minimum absolute atomic E-state index is 0.262. The first-order chi connectivity index (χ1) is 19.8. The van der Waals surface area contributed by atoms with Crippen molar-refractivity contribution in [3.63, 3.8) is 0 Å². The Kier molecular flexibility index (Phi) is 7.00. The van der Waals surface area contributed by atoms with Crippen LogP contribution in [0, 0.1) is 0 Å². The number of benzene rings is 2. The van der Waals surface area contributed by atoms with Crippen LogP contribution >= 0.6 is 11.3 Å². The van der Waals surface area contributed by atoms with Crippen molar-refractivity contribution in [2.75, 3.05) is 36.4 Å². The van der Waals surface area contributed by atoms with Gasteiger partial charge in [0.1, 0.15) is 11.3 Å². The van der Waals surface area contributed by atoms with E-state index in [2.05, 4.69) is 43.4 Å². The zero-order valence-corrected chi connectivity index (χ0v) is 23.9. The van der Waals surface area contributed by atoms with Crippen molar-refractivity contribution < 1.29 is 14.3 Å². The molecule has 10 heteroatoms. The summed E-state index contributed by atoms with van der Waals surface area (Å²) < 4.78 is 7.80. The average molecular weight is 567 g/mol. The maximum absolute atomic E-state index is 13.4. The maximum Gasteiger partial charge on any atom is 0.410 e. The van der Waals surface area contributed by atoms with Gasteiger partial charge in [-0.1, -0.05) is 30.3 Å². The van der Waals surface area contributed by atoms with Gasteiger partial charge in [-0.25, -0.2) is 14.8 Å². The Morgan fingerprint density at radius 1 is 0.927 bits per heavy atom. The summed E-state index contributed by atoms with van der Waals surface area (Å²) in [6.45, 7) is 7.81. The summed E-state index contributed by atoms with van der Waals surface area (Å²) in [7, 11) is 0. The number of thiophene rings is 1. The Labute approximate surface area is 241 Å². The number of nitrogens with zero attached hydrogens (tertiary/aromatic N) is 5. The van der Waals surface area contributed by atoms with E-state index in [1.165, 1.54) is 10.1 Å². The van der Waals surface area contributed by atoms with E-state index in [9.17, 15) is 9.59 Å². The van der Waals surface area contributed by atoms with Crippen molar-refractivity contribution in [3.05, 3.63) is 78.9 Å². The molecular weight excluding hydrogens is 536 g/mol. The highest BCUT2D eigenvalue weighted by molar-refractivity contribution is 7.26. The Hall–Kier alpha value is -4.57. The molecule has 4 heterocycles. The van der Waals surface area contributed by atoms with Gasteiger partial charge in [-0.15, -0.1) is 11.3 Å². The van der Waals surface area contributed by atoms with Gasteiger partial charge >= 0.3 is 6.09 Å². The largest absolute Gasteiger partial charge is 0.444 e. The lowest BCUT2D eigenvalue weighted by atomic mass is 10.1. The van der Waals surface area contributed by atoms with Gasteiger partial charge in [-0.2, -0.15) is 0 Å². The molecule has 1 aliphatic rings. The smallest absolute Gasteiger partial charge is 0.410 e. The number of piperazine rings is 1. The molecule has 2 amide bonds. The number of fused-ring (bicyclic) bond motifs is 3. The fourth-order valence-electron chi connectivity index (χ4n) is 4.94. The van der Waals surface area contributed by atoms with E-state index in [0.717, 1.165) is 21.3 Å². The molecule has 0 aliphatic carbocycles. The normalized spacial score (nSPS) is 13.9. The van der Waals surface area contributed by atoms with Gasteiger partial charge in [0.05, 0.1) is 17.6 Å². The van der Waals surface area contributed by atoms with E-state index in [-0.39, 0.29) is 17.7 Å². The van der Waals surface area contributed by atoms with Crippen LogP contribution in [-0.4, -0.2) is 63.6 Å². The Balaban J connectivity index is 1.21. The lowest BCUT2D eigenvalue weighted by Crippen LogP contribution is -2.50. The maximum atomic E-state index is 13.4. The summed E-state index contributed by atoms with van der Waals surface area (Å²) in [5.41, 5.74) is 2.03. The van der Waals surface area contributed by atoms with Gasteiger partial charge in [-0.05, 0) is 45.0 Å². The Morgan fingerprint density at radius 3 is 2.51 bits per heavy atom. The standard InChI is InChI=1S/C31H30N6O3S/c1-31(2,3)40-30(39)37-17-15-36(16-18-37)25-12-13-32-19-24(25)35-29(38)23-11-14-33-28(34-23)22-9-6-8-21-20-7-4-5-10-26(20)41-27(21)22/h4-14,19H,15-18H2,1-3H3,(H,35,38). The zero-order chi connectivity index (χ0) is 28.6. The van der Waals surface area contributed by atoms with E-state index >= 15 is 0 Å². The number of hydrogen-bond acceptors (Lipinski definition) is 8. The minimum atomic E-state index is -0.540. The molecule has 1 aliphatic heterocycles. The molecule has 0 spiro atoms.